The summed E-state index contributed by atoms with van der Waals surface area (Å²) in [6, 6.07) is 0.456. The summed E-state index contributed by atoms with van der Waals surface area (Å²) >= 11 is 0. The monoisotopic (exact) mass is 230 g/mol. The SMILES string of the molecule is CCN(CC)C(=O)C(C)OCCNC(C)C. The summed E-state index contributed by atoms with van der Waals surface area (Å²) in [5, 5.41) is 3.25. The van der Waals surface area contributed by atoms with E-state index in [-0.39, 0.29) is 12.0 Å². The van der Waals surface area contributed by atoms with Crippen molar-refractivity contribution >= 4 is 5.91 Å². The van der Waals surface area contributed by atoms with Crippen LogP contribution in [0.4, 0.5) is 0 Å². The van der Waals surface area contributed by atoms with Gasteiger partial charge in [-0.25, -0.2) is 0 Å². The van der Waals surface area contributed by atoms with Gasteiger partial charge < -0.3 is 15.0 Å². The van der Waals surface area contributed by atoms with Gasteiger partial charge in [0.2, 0.25) is 0 Å². The first kappa shape index (κ1) is 15.4. The van der Waals surface area contributed by atoms with Gasteiger partial charge in [0.15, 0.2) is 0 Å². The summed E-state index contributed by atoms with van der Waals surface area (Å²) in [5.74, 6) is 0.0783. The van der Waals surface area contributed by atoms with Crippen LogP contribution in [-0.2, 0) is 9.53 Å². The number of rotatable bonds is 8. The van der Waals surface area contributed by atoms with Gasteiger partial charge in [0.25, 0.3) is 5.91 Å². The van der Waals surface area contributed by atoms with Gasteiger partial charge in [-0.3, -0.25) is 4.79 Å². The summed E-state index contributed by atoms with van der Waals surface area (Å²) in [6.45, 7) is 12.8. The van der Waals surface area contributed by atoms with Gasteiger partial charge in [0.1, 0.15) is 6.10 Å². The van der Waals surface area contributed by atoms with Gasteiger partial charge in [-0.15, -0.1) is 0 Å². The fourth-order valence-electron chi connectivity index (χ4n) is 1.45. The van der Waals surface area contributed by atoms with Crippen molar-refractivity contribution in [2.24, 2.45) is 0 Å². The topological polar surface area (TPSA) is 41.6 Å². The molecular formula is C12H26N2O2. The molecule has 0 saturated carbocycles. The zero-order chi connectivity index (χ0) is 12.6. The lowest BCUT2D eigenvalue weighted by molar-refractivity contribution is -0.142. The van der Waals surface area contributed by atoms with Crippen LogP contribution in [0.5, 0.6) is 0 Å². The number of amides is 1. The first-order chi connectivity index (χ1) is 7.52. The maximum Gasteiger partial charge on any atom is 0.251 e. The minimum Gasteiger partial charge on any atom is -0.367 e. The first-order valence-corrected chi connectivity index (χ1v) is 6.16. The van der Waals surface area contributed by atoms with Crippen LogP contribution in [-0.4, -0.2) is 49.2 Å². The lowest BCUT2D eigenvalue weighted by Crippen LogP contribution is -2.39. The van der Waals surface area contributed by atoms with Crippen molar-refractivity contribution in [3.63, 3.8) is 0 Å². The van der Waals surface area contributed by atoms with Crippen LogP contribution in [0.1, 0.15) is 34.6 Å². The van der Waals surface area contributed by atoms with Crippen LogP contribution in [0.15, 0.2) is 0 Å². The zero-order valence-corrected chi connectivity index (χ0v) is 11.2. The fourth-order valence-corrected chi connectivity index (χ4v) is 1.45. The summed E-state index contributed by atoms with van der Waals surface area (Å²) < 4.78 is 5.49. The number of ether oxygens (including phenoxy) is 1. The number of hydrogen-bond acceptors (Lipinski definition) is 3. The molecule has 0 aromatic rings. The van der Waals surface area contributed by atoms with Crippen LogP contribution < -0.4 is 5.32 Å². The number of hydrogen-bond donors (Lipinski definition) is 1. The van der Waals surface area contributed by atoms with E-state index in [1.165, 1.54) is 0 Å². The lowest BCUT2D eigenvalue weighted by atomic mass is 10.3. The van der Waals surface area contributed by atoms with E-state index in [2.05, 4.69) is 19.2 Å². The molecule has 0 spiro atoms. The third-order valence-corrected chi connectivity index (χ3v) is 2.45. The molecular weight excluding hydrogens is 204 g/mol. The van der Waals surface area contributed by atoms with Gasteiger partial charge in [0.05, 0.1) is 6.61 Å². The number of likely N-dealkylation sites (N-methyl/N-ethyl adjacent to an activating group) is 1. The van der Waals surface area contributed by atoms with Crippen LogP contribution >= 0.6 is 0 Å². The van der Waals surface area contributed by atoms with E-state index in [1.807, 2.05) is 20.8 Å². The Morgan fingerprint density at radius 3 is 2.25 bits per heavy atom. The highest BCUT2D eigenvalue weighted by Gasteiger charge is 2.18. The van der Waals surface area contributed by atoms with Gasteiger partial charge in [0, 0.05) is 25.7 Å². The molecule has 0 heterocycles. The lowest BCUT2D eigenvalue weighted by Gasteiger charge is -2.23. The van der Waals surface area contributed by atoms with Crippen LogP contribution in [0.25, 0.3) is 0 Å². The second-order valence-corrected chi connectivity index (χ2v) is 4.13. The number of nitrogens with zero attached hydrogens (tertiary/aromatic N) is 1. The summed E-state index contributed by atoms with van der Waals surface area (Å²) in [4.78, 5) is 13.6. The Morgan fingerprint density at radius 1 is 1.25 bits per heavy atom. The second-order valence-electron chi connectivity index (χ2n) is 4.13. The highest BCUT2D eigenvalue weighted by Crippen LogP contribution is 1.98. The normalized spacial score (nSPS) is 12.9. The van der Waals surface area contributed by atoms with Crippen molar-refractivity contribution in [1.82, 2.24) is 10.2 Å². The molecule has 0 aromatic heterocycles. The molecule has 0 rings (SSSR count). The van der Waals surface area contributed by atoms with Crippen molar-refractivity contribution < 1.29 is 9.53 Å². The van der Waals surface area contributed by atoms with Crippen molar-refractivity contribution in [1.29, 1.82) is 0 Å². The van der Waals surface area contributed by atoms with E-state index in [0.29, 0.717) is 12.6 Å². The largest absolute Gasteiger partial charge is 0.367 e. The summed E-state index contributed by atoms with van der Waals surface area (Å²) in [7, 11) is 0. The molecule has 0 fully saturated rings. The third kappa shape index (κ3) is 6.08. The van der Waals surface area contributed by atoms with E-state index < -0.39 is 0 Å². The standard InChI is InChI=1S/C12H26N2O2/c1-6-14(7-2)12(15)11(5)16-9-8-13-10(3)4/h10-11,13H,6-9H2,1-5H3. The molecule has 4 nitrogen and oxygen atoms in total. The van der Waals surface area contributed by atoms with Crippen molar-refractivity contribution in [3.05, 3.63) is 0 Å². The van der Waals surface area contributed by atoms with E-state index in [1.54, 1.807) is 4.90 Å². The van der Waals surface area contributed by atoms with Gasteiger partial charge in [-0.2, -0.15) is 0 Å². The predicted octanol–water partition coefficient (Wildman–Crippen LogP) is 1.26. The van der Waals surface area contributed by atoms with Crippen LogP contribution in [0, 0.1) is 0 Å². The molecule has 0 aromatic carbocycles. The molecule has 0 bridgehead atoms. The minimum absolute atomic E-state index is 0.0783. The van der Waals surface area contributed by atoms with E-state index in [4.69, 9.17) is 4.74 Å². The number of carbonyl (C=O) groups excluding carboxylic acids is 1. The van der Waals surface area contributed by atoms with E-state index >= 15 is 0 Å². The van der Waals surface area contributed by atoms with E-state index in [0.717, 1.165) is 19.6 Å². The number of carbonyl (C=O) groups is 1. The molecule has 1 amide bonds. The van der Waals surface area contributed by atoms with E-state index in [9.17, 15) is 4.79 Å². The maximum absolute atomic E-state index is 11.8. The molecule has 1 unspecified atom stereocenters. The molecule has 1 atom stereocenters. The highest BCUT2D eigenvalue weighted by molar-refractivity contribution is 5.80. The Labute approximate surface area is 99.3 Å². The quantitative estimate of drug-likeness (QED) is 0.638. The Morgan fingerprint density at radius 2 is 1.81 bits per heavy atom. The Bertz CT molecular complexity index is 191. The molecule has 4 heteroatoms. The molecule has 0 aliphatic rings. The van der Waals surface area contributed by atoms with Gasteiger partial charge >= 0.3 is 0 Å². The van der Waals surface area contributed by atoms with Crippen LogP contribution in [0.2, 0.25) is 0 Å². The average molecular weight is 230 g/mol. The van der Waals surface area contributed by atoms with Crippen molar-refractivity contribution in [2.45, 2.75) is 46.8 Å². The molecule has 0 radical (unpaired) electrons. The summed E-state index contributed by atoms with van der Waals surface area (Å²) in [6.07, 6.45) is -0.339. The molecule has 16 heavy (non-hydrogen) atoms. The average Bonchev–Trinajstić information content (AvgIpc) is 2.25. The van der Waals surface area contributed by atoms with Crippen LogP contribution in [0.3, 0.4) is 0 Å². The maximum atomic E-state index is 11.8. The highest BCUT2D eigenvalue weighted by atomic mass is 16.5. The van der Waals surface area contributed by atoms with Crippen molar-refractivity contribution in [3.8, 4) is 0 Å². The molecule has 0 saturated heterocycles. The Hall–Kier alpha value is -0.610. The first-order valence-electron chi connectivity index (χ1n) is 6.16. The molecule has 0 aliphatic heterocycles. The predicted molar refractivity (Wildman–Crippen MR) is 66.5 cm³/mol. The zero-order valence-electron chi connectivity index (χ0n) is 11.2. The molecule has 96 valence electrons. The van der Waals surface area contributed by atoms with Crippen molar-refractivity contribution in [2.75, 3.05) is 26.2 Å². The molecule has 0 aliphatic carbocycles. The molecule has 1 N–H and O–H groups in total. The number of nitrogens with one attached hydrogen (secondary N) is 1. The smallest absolute Gasteiger partial charge is 0.251 e. The minimum atomic E-state index is -0.339. The Balaban J connectivity index is 3.78. The van der Waals surface area contributed by atoms with Gasteiger partial charge in [-0.05, 0) is 20.8 Å². The third-order valence-electron chi connectivity index (χ3n) is 2.45. The second kappa shape index (κ2) is 8.53. The van der Waals surface area contributed by atoms with Gasteiger partial charge in [-0.1, -0.05) is 13.8 Å². The Kier molecular flexibility index (Phi) is 8.21. The fraction of sp³-hybridized carbons (Fsp3) is 0.917. The summed E-state index contributed by atoms with van der Waals surface area (Å²) in [5.41, 5.74) is 0.